The molecular formula is C20H22N4O3S. The minimum absolute atomic E-state index is 0.00662. The van der Waals surface area contributed by atoms with Gasteiger partial charge in [0.25, 0.3) is 11.8 Å². The molecule has 1 unspecified atom stereocenters. The van der Waals surface area contributed by atoms with Crippen molar-refractivity contribution in [3.05, 3.63) is 57.1 Å². The van der Waals surface area contributed by atoms with Crippen LogP contribution in [0.3, 0.4) is 0 Å². The van der Waals surface area contributed by atoms with Crippen LogP contribution in [-0.4, -0.2) is 32.5 Å². The molecule has 0 saturated carbocycles. The first-order valence-electron chi connectivity index (χ1n) is 9.28. The molecule has 3 aromatic rings. The van der Waals surface area contributed by atoms with E-state index in [1.54, 1.807) is 0 Å². The molecule has 7 nitrogen and oxygen atoms in total. The van der Waals surface area contributed by atoms with Gasteiger partial charge in [-0.2, -0.15) is 4.98 Å². The lowest BCUT2D eigenvalue weighted by Crippen LogP contribution is -2.31. The summed E-state index contributed by atoms with van der Waals surface area (Å²) in [5.41, 5.74) is 1.95. The molecule has 0 bridgehead atoms. The van der Waals surface area contributed by atoms with E-state index in [2.05, 4.69) is 15.1 Å². The Bertz CT molecular complexity index is 980. The van der Waals surface area contributed by atoms with Crippen LogP contribution in [0.2, 0.25) is 0 Å². The van der Waals surface area contributed by atoms with Crippen molar-refractivity contribution < 1.29 is 14.1 Å². The number of aromatic nitrogens is 3. The molecule has 1 aliphatic heterocycles. The molecule has 1 saturated heterocycles. The molecular weight excluding hydrogens is 376 g/mol. The van der Waals surface area contributed by atoms with E-state index >= 15 is 0 Å². The Morgan fingerprint density at radius 2 is 2.04 bits per heavy atom. The van der Waals surface area contributed by atoms with Gasteiger partial charge in [-0.15, -0.1) is 11.3 Å². The van der Waals surface area contributed by atoms with Crippen molar-refractivity contribution in [2.75, 3.05) is 6.54 Å². The van der Waals surface area contributed by atoms with Crippen LogP contribution in [0, 0.1) is 20.8 Å². The highest BCUT2D eigenvalue weighted by molar-refractivity contribution is 7.13. The Balaban J connectivity index is 1.45. The minimum atomic E-state index is -0.175. The normalized spacial score (nSPS) is 16.5. The van der Waals surface area contributed by atoms with Crippen molar-refractivity contribution in [3.63, 3.8) is 0 Å². The maximum absolute atomic E-state index is 13.0. The first kappa shape index (κ1) is 18.6. The van der Waals surface area contributed by atoms with Gasteiger partial charge in [-0.1, -0.05) is 22.9 Å². The Morgan fingerprint density at radius 1 is 1.25 bits per heavy atom. The van der Waals surface area contributed by atoms with Gasteiger partial charge in [0.1, 0.15) is 10.6 Å². The molecule has 0 aliphatic carbocycles. The zero-order valence-corrected chi connectivity index (χ0v) is 17.0. The van der Waals surface area contributed by atoms with Gasteiger partial charge in [0, 0.05) is 6.54 Å². The smallest absolute Gasteiger partial charge is 0.266 e. The van der Waals surface area contributed by atoms with E-state index < -0.39 is 0 Å². The van der Waals surface area contributed by atoms with Crippen molar-refractivity contribution in [2.24, 2.45) is 0 Å². The summed E-state index contributed by atoms with van der Waals surface area (Å²) in [4.78, 5) is 24.4. The molecule has 0 radical (unpaired) electrons. The number of carbonyl (C=O) groups is 1. The molecule has 1 fully saturated rings. The SMILES string of the molecule is Cc1ccc(OCc2nc(C3CCCN3C(=O)c3sc(C)nc3C)no2)cc1. The number of rotatable bonds is 5. The van der Waals surface area contributed by atoms with Gasteiger partial charge in [-0.3, -0.25) is 4.79 Å². The average Bonchev–Trinajstić information content (AvgIpc) is 3.40. The largest absolute Gasteiger partial charge is 0.484 e. The lowest BCUT2D eigenvalue weighted by atomic mass is 10.2. The Labute approximate surface area is 167 Å². The third kappa shape index (κ3) is 3.77. The van der Waals surface area contributed by atoms with Crippen molar-refractivity contribution >= 4 is 17.2 Å². The summed E-state index contributed by atoms with van der Waals surface area (Å²) in [6.45, 7) is 6.69. The molecule has 28 heavy (non-hydrogen) atoms. The van der Waals surface area contributed by atoms with Gasteiger partial charge < -0.3 is 14.2 Å². The molecule has 3 heterocycles. The van der Waals surface area contributed by atoms with Crippen LogP contribution < -0.4 is 4.74 Å². The van der Waals surface area contributed by atoms with Crippen molar-refractivity contribution in [2.45, 2.75) is 46.3 Å². The minimum Gasteiger partial charge on any atom is -0.484 e. The summed E-state index contributed by atoms with van der Waals surface area (Å²) < 4.78 is 11.1. The van der Waals surface area contributed by atoms with Crippen LogP contribution in [-0.2, 0) is 6.61 Å². The molecule has 4 rings (SSSR count). The van der Waals surface area contributed by atoms with E-state index in [0.717, 1.165) is 29.3 Å². The van der Waals surface area contributed by atoms with Crippen molar-refractivity contribution in [1.29, 1.82) is 0 Å². The molecule has 8 heteroatoms. The molecule has 146 valence electrons. The zero-order chi connectivity index (χ0) is 19.7. The van der Waals surface area contributed by atoms with E-state index in [4.69, 9.17) is 9.26 Å². The maximum atomic E-state index is 13.0. The summed E-state index contributed by atoms with van der Waals surface area (Å²) >= 11 is 1.43. The van der Waals surface area contributed by atoms with E-state index in [9.17, 15) is 4.79 Å². The molecule has 1 aliphatic rings. The van der Waals surface area contributed by atoms with Crippen LogP contribution >= 0.6 is 11.3 Å². The molecule has 1 aromatic carbocycles. The van der Waals surface area contributed by atoms with E-state index in [0.29, 0.717) is 23.1 Å². The third-order valence-corrected chi connectivity index (χ3v) is 5.84. The Kier molecular flexibility index (Phi) is 5.13. The third-order valence-electron chi connectivity index (χ3n) is 4.78. The first-order chi connectivity index (χ1) is 13.5. The Hall–Kier alpha value is -2.74. The number of nitrogens with zero attached hydrogens (tertiary/aromatic N) is 4. The lowest BCUT2D eigenvalue weighted by Gasteiger charge is -2.21. The number of thiazole rings is 1. The molecule has 0 spiro atoms. The second-order valence-electron chi connectivity index (χ2n) is 6.95. The molecule has 2 aromatic heterocycles. The standard InChI is InChI=1S/C20H22N4O3S/c1-12-6-8-15(9-7-12)26-11-17-22-19(23-27-17)16-5-4-10-24(16)20(25)18-13(2)21-14(3)28-18/h6-9,16H,4-5,10-11H2,1-3H3. The number of amides is 1. The van der Waals surface area contributed by atoms with E-state index in [-0.39, 0.29) is 18.6 Å². The van der Waals surface area contributed by atoms with Gasteiger partial charge in [-0.25, -0.2) is 4.98 Å². The van der Waals surface area contributed by atoms with Gasteiger partial charge in [0.15, 0.2) is 12.4 Å². The van der Waals surface area contributed by atoms with Gasteiger partial charge >= 0.3 is 0 Å². The fourth-order valence-corrected chi connectivity index (χ4v) is 4.26. The summed E-state index contributed by atoms with van der Waals surface area (Å²) in [5.74, 6) is 1.68. The molecule has 1 amide bonds. The summed E-state index contributed by atoms with van der Waals surface area (Å²) in [7, 11) is 0. The zero-order valence-electron chi connectivity index (χ0n) is 16.1. The fourth-order valence-electron chi connectivity index (χ4n) is 3.38. The predicted molar refractivity (Wildman–Crippen MR) is 104 cm³/mol. The molecule has 0 N–H and O–H groups in total. The summed E-state index contributed by atoms with van der Waals surface area (Å²) in [6, 6.07) is 7.61. The highest BCUT2D eigenvalue weighted by atomic mass is 32.1. The number of hydrogen-bond acceptors (Lipinski definition) is 7. The highest BCUT2D eigenvalue weighted by Crippen LogP contribution is 2.33. The summed E-state index contributed by atoms with van der Waals surface area (Å²) in [5, 5.41) is 5.00. The number of benzene rings is 1. The monoisotopic (exact) mass is 398 g/mol. The lowest BCUT2D eigenvalue weighted by molar-refractivity contribution is 0.0732. The number of carbonyl (C=O) groups excluding carboxylic acids is 1. The van der Waals surface area contributed by atoms with Crippen LogP contribution in [0.5, 0.6) is 5.75 Å². The number of aryl methyl sites for hydroxylation is 3. The quantitative estimate of drug-likeness (QED) is 0.646. The number of likely N-dealkylation sites (tertiary alicyclic amines) is 1. The maximum Gasteiger partial charge on any atom is 0.266 e. The van der Waals surface area contributed by atoms with Gasteiger partial charge in [0.2, 0.25) is 0 Å². The van der Waals surface area contributed by atoms with Crippen LogP contribution in [0.4, 0.5) is 0 Å². The van der Waals surface area contributed by atoms with E-state index in [1.165, 1.54) is 16.9 Å². The van der Waals surface area contributed by atoms with Crippen LogP contribution in [0.25, 0.3) is 0 Å². The predicted octanol–water partition coefficient (Wildman–Crippen LogP) is 4.01. The number of ether oxygens (including phenoxy) is 1. The average molecular weight is 398 g/mol. The van der Waals surface area contributed by atoms with Crippen LogP contribution in [0.15, 0.2) is 28.8 Å². The first-order valence-corrected chi connectivity index (χ1v) is 10.1. The van der Waals surface area contributed by atoms with Crippen molar-refractivity contribution in [3.8, 4) is 5.75 Å². The number of hydrogen-bond donors (Lipinski definition) is 0. The highest BCUT2D eigenvalue weighted by Gasteiger charge is 2.35. The van der Waals surface area contributed by atoms with Crippen molar-refractivity contribution in [1.82, 2.24) is 20.0 Å². The Morgan fingerprint density at radius 3 is 2.75 bits per heavy atom. The van der Waals surface area contributed by atoms with Crippen LogP contribution in [0.1, 0.15) is 56.5 Å². The van der Waals surface area contributed by atoms with Gasteiger partial charge in [0.05, 0.1) is 16.7 Å². The topological polar surface area (TPSA) is 81.4 Å². The second kappa shape index (κ2) is 7.71. The second-order valence-corrected chi connectivity index (χ2v) is 8.16. The summed E-state index contributed by atoms with van der Waals surface area (Å²) in [6.07, 6.45) is 1.73. The van der Waals surface area contributed by atoms with E-state index in [1.807, 2.05) is 49.9 Å². The molecule has 1 atom stereocenters. The van der Waals surface area contributed by atoms with Gasteiger partial charge in [-0.05, 0) is 45.7 Å². The fraction of sp³-hybridized carbons (Fsp3) is 0.400.